The van der Waals surface area contributed by atoms with Gasteiger partial charge in [0.05, 0.1) is 0 Å². The summed E-state index contributed by atoms with van der Waals surface area (Å²) >= 11 is 0. The Labute approximate surface area is 110 Å². The van der Waals surface area contributed by atoms with Crippen molar-refractivity contribution in [3.63, 3.8) is 0 Å². The van der Waals surface area contributed by atoms with Crippen molar-refractivity contribution < 1.29 is 4.79 Å². The monoisotopic (exact) mass is 242 g/mol. The maximum atomic E-state index is 12.2. The minimum atomic E-state index is 0.126. The van der Waals surface area contributed by atoms with E-state index in [-0.39, 0.29) is 5.92 Å². The molecule has 1 aromatic carbocycles. The Morgan fingerprint density at radius 3 is 2.44 bits per heavy atom. The van der Waals surface area contributed by atoms with E-state index in [9.17, 15) is 4.79 Å². The van der Waals surface area contributed by atoms with Crippen LogP contribution in [0.2, 0.25) is 0 Å². The summed E-state index contributed by atoms with van der Waals surface area (Å²) in [6, 6.07) is 10.3. The summed E-state index contributed by atoms with van der Waals surface area (Å²) < 4.78 is 0. The maximum absolute atomic E-state index is 12.2. The molecule has 2 unspecified atom stereocenters. The normalized spacial score (nSPS) is 26.9. The van der Waals surface area contributed by atoms with Crippen molar-refractivity contribution >= 4 is 11.9 Å². The van der Waals surface area contributed by atoms with Crippen LogP contribution in [0.3, 0.4) is 0 Å². The van der Waals surface area contributed by atoms with Crippen LogP contribution in [0.4, 0.5) is 0 Å². The summed E-state index contributed by atoms with van der Waals surface area (Å²) in [6.45, 7) is 6.47. The fourth-order valence-electron chi connectivity index (χ4n) is 2.99. The first-order chi connectivity index (χ1) is 8.58. The van der Waals surface area contributed by atoms with Crippen LogP contribution in [-0.2, 0) is 4.79 Å². The molecule has 1 saturated carbocycles. The third-order valence-electron chi connectivity index (χ3n) is 3.70. The predicted molar refractivity (Wildman–Crippen MR) is 76.2 cm³/mol. The number of benzene rings is 1. The van der Waals surface area contributed by atoms with E-state index >= 15 is 0 Å². The number of ketones is 1. The molecule has 1 aromatic rings. The largest absolute Gasteiger partial charge is 0.299 e. The van der Waals surface area contributed by atoms with Crippen molar-refractivity contribution in [3.8, 4) is 0 Å². The molecule has 1 heteroatoms. The molecule has 0 aromatic heterocycles. The van der Waals surface area contributed by atoms with Crippen molar-refractivity contribution in [2.24, 2.45) is 17.8 Å². The standard InChI is InChI=1S/C17H22O/c1-12(2)17-15(9-13(3)10-16(17)18)11-14-7-5-4-6-8-14/h4-8,11-13,17H,9-10H2,1-3H3. The van der Waals surface area contributed by atoms with E-state index < -0.39 is 0 Å². The molecule has 0 N–H and O–H groups in total. The van der Waals surface area contributed by atoms with E-state index in [1.807, 2.05) is 18.2 Å². The van der Waals surface area contributed by atoms with E-state index in [4.69, 9.17) is 0 Å². The smallest absolute Gasteiger partial charge is 0.140 e. The summed E-state index contributed by atoms with van der Waals surface area (Å²) in [5.41, 5.74) is 2.53. The number of hydrogen-bond donors (Lipinski definition) is 0. The van der Waals surface area contributed by atoms with E-state index in [2.05, 4.69) is 39.0 Å². The highest BCUT2D eigenvalue weighted by atomic mass is 16.1. The van der Waals surface area contributed by atoms with Crippen molar-refractivity contribution in [1.82, 2.24) is 0 Å². The Morgan fingerprint density at radius 1 is 1.17 bits per heavy atom. The zero-order valence-corrected chi connectivity index (χ0v) is 11.5. The summed E-state index contributed by atoms with van der Waals surface area (Å²) in [5.74, 6) is 1.44. The summed E-state index contributed by atoms with van der Waals surface area (Å²) in [6.07, 6.45) is 4.02. The quantitative estimate of drug-likeness (QED) is 0.754. The van der Waals surface area contributed by atoms with Crippen molar-refractivity contribution in [2.45, 2.75) is 33.6 Å². The zero-order valence-electron chi connectivity index (χ0n) is 11.5. The molecule has 1 aliphatic rings. The van der Waals surface area contributed by atoms with Gasteiger partial charge in [-0.2, -0.15) is 0 Å². The summed E-state index contributed by atoms with van der Waals surface area (Å²) in [7, 11) is 0. The molecular weight excluding hydrogens is 220 g/mol. The maximum Gasteiger partial charge on any atom is 0.140 e. The van der Waals surface area contributed by atoms with Gasteiger partial charge in [0, 0.05) is 12.3 Å². The van der Waals surface area contributed by atoms with Crippen LogP contribution in [0.5, 0.6) is 0 Å². The van der Waals surface area contributed by atoms with Gasteiger partial charge in [-0.1, -0.05) is 62.8 Å². The fraction of sp³-hybridized carbons (Fsp3) is 0.471. The van der Waals surface area contributed by atoms with Gasteiger partial charge in [-0.15, -0.1) is 0 Å². The topological polar surface area (TPSA) is 17.1 Å². The minimum Gasteiger partial charge on any atom is -0.299 e. The van der Waals surface area contributed by atoms with Crippen molar-refractivity contribution in [1.29, 1.82) is 0 Å². The number of carbonyl (C=O) groups is 1. The van der Waals surface area contributed by atoms with Gasteiger partial charge in [-0.05, 0) is 23.8 Å². The van der Waals surface area contributed by atoms with Gasteiger partial charge >= 0.3 is 0 Å². The van der Waals surface area contributed by atoms with Gasteiger partial charge in [-0.25, -0.2) is 0 Å². The molecule has 18 heavy (non-hydrogen) atoms. The van der Waals surface area contributed by atoms with Crippen molar-refractivity contribution in [2.75, 3.05) is 0 Å². The third-order valence-corrected chi connectivity index (χ3v) is 3.70. The molecule has 2 atom stereocenters. The highest BCUT2D eigenvalue weighted by molar-refractivity contribution is 5.86. The molecule has 1 nitrogen and oxygen atoms in total. The first-order valence-electron chi connectivity index (χ1n) is 6.86. The Bertz CT molecular complexity index is 442. The molecule has 0 bridgehead atoms. The number of carbonyl (C=O) groups excluding carboxylic acids is 1. The van der Waals surface area contributed by atoms with Crippen LogP contribution >= 0.6 is 0 Å². The lowest BCUT2D eigenvalue weighted by Crippen LogP contribution is -2.29. The lowest BCUT2D eigenvalue weighted by Gasteiger charge is -2.31. The molecule has 1 fully saturated rings. The molecule has 96 valence electrons. The highest BCUT2D eigenvalue weighted by Gasteiger charge is 2.32. The van der Waals surface area contributed by atoms with E-state index in [1.54, 1.807) is 0 Å². The summed E-state index contributed by atoms with van der Waals surface area (Å²) in [5, 5.41) is 0. The van der Waals surface area contributed by atoms with Gasteiger partial charge in [0.25, 0.3) is 0 Å². The molecule has 1 aliphatic carbocycles. The van der Waals surface area contributed by atoms with E-state index in [0.29, 0.717) is 17.6 Å². The third kappa shape index (κ3) is 2.90. The summed E-state index contributed by atoms with van der Waals surface area (Å²) in [4.78, 5) is 12.2. The molecule has 0 radical (unpaired) electrons. The second kappa shape index (κ2) is 5.51. The van der Waals surface area contributed by atoms with Crippen LogP contribution in [0.15, 0.2) is 35.9 Å². The average Bonchev–Trinajstić information content (AvgIpc) is 2.28. The molecule has 0 saturated heterocycles. The molecule has 0 aliphatic heterocycles. The molecule has 0 spiro atoms. The first-order valence-corrected chi connectivity index (χ1v) is 6.86. The fourth-order valence-corrected chi connectivity index (χ4v) is 2.99. The predicted octanol–water partition coefficient (Wildman–Crippen LogP) is 4.34. The molecule has 0 amide bonds. The average molecular weight is 242 g/mol. The number of rotatable bonds is 2. The van der Waals surface area contributed by atoms with E-state index in [1.165, 1.54) is 11.1 Å². The van der Waals surface area contributed by atoms with Gasteiger partial charge in [-0.3, -0.25) is 4.79 Å². The Balaban J connectivity index is 2.32. The molecule has 0 heterocycles. The van der Waals surface area contributed by atoms with Gasteiger partial charge in [0.2, 0.25) is 0 Å². The van der Waals surface area contributed by atoms with Crippen LogP contribution < -0.4 is 0 Å². The lowest BCUT2D eigenvalue weighted by molar-refractivity contribution is -0.124. The second-order valence-corrected chi connectivity index (χ2v) is 5.83. The van der Waals surface area contributed by atoms with Gasteiger partial charge in [0.15, 0.2) is 0 Å². The van der Waals surface area contributed by atoms with E-state index in [0.717, 1.165) is 12.8 Å². The second-order valence-electron chi connectivity index (χ2n) is 5.83. The van der Waals surface area contributed by atoms with Gasteiger partial charge < -0.3 is 0 Å². The van der Waals surface area contributed by atoms with Crippen LogP contribution in [0, 0.1) is 17.8 Å². The lowest BCUT2D eigenvalue weighted by atomic mass is 9.72. The van der Waals surface area contributed by atoms with Gasteiger partial charge in [0.1, 0.15) is 5.78 Å². The number of allylic oxidation sites excluding steroid dienone is 1. The zero-order chi connectivity index (χ0) is 13.1. The molecular formula is C17H22O. The SMILES string of the molecule is CC1CC(=O)C(C(C)C)C(=Cc2ccccc2)C1. The number of Topliss-reactive ketones (excluding diaryl/α,β-unsaturated/α-hetero) is 1. The number of hydrogen-bond acceptors (Lipinski definition) is 1. The van der Waals surface area contributed by atoms with Crippen LogP contribution in [0.25, 0.3) is 6.08 Å². The minimum absolute atomic E-state index is 0.126. The van der Waals surface area contributed by atoms with Crippen LogP contribution in [-0.4, -0.2) is 5.78 Å². The molecule has 2 rings (SSSR count). The van der Waals surface area contributed by atoms with Crippen LogP contribution in [0.1, 0.15) is 39.2 Å². The highest BCUT2D eigenvalue weighted by Crippen LogP contribution is 2.36. The first kappa shape index (κ1) is 13.1. The Morgan fingerprint density at radius 2 is 1.83 bits per heavy atom. The Kier molecular flexibility index (Phi) is 4.00. The van der Waals surface area contributed by atoms with Crippen molar-refractivity contribution in [3.05, 3.63) is 41.5 Å². The Hall–Kier alpha value is -1.37.